The van der Waals surface area contributed by atoms with E-state index in [0.717, 1.165) is 25.7 Å². The Bertz CT molecular complexity index is 1080. The number of nitrogens with zero attached hydrogens (tertiary/aromatic N) is 1. The van der Waals surface area contributed by atoms with Crippen LogP contribution in [0.5, 0.6) is 0 Å². The lowest BCUT2D eigenvalue weighted by atomic mass is 9.97. The fourth-order valence-electron chi connectivity index (χ4n) is 4.44. The topological polar surface area (TPSA) is 77.4 Å². The number of ether oxygens (including phenoxy) is 1. The molecule has 162 valence electrons. The number of esters is 1. The van der Waals surface area contributed by atoms with E-state index in [2.05, 4.69) is 5.32 Å². The molecule has 0 spiro atoms. The van der Waals surface area contributed by atoms with E-state index in [1.807, 2.05) is 24.3 Å². The van der Waals surface area contributed by atoms with Gasteiger partial charge in [-0.25, -0.2) is 0 Å². The summed E-state index contributed by atoms with van der Waals surface area (Å²) in [5.74, 6) is -0.764. The molecule has 4 rings (SSSR count). The zero-order chi connectivity index (χ0) is 21.6. The average Bonchev–Trinajstić information content (AvgIpc) is 2.77. The second-order valence-electron chi connectivity index (χ2n) is 8.22. The monoisotopic (exact) mass is 420 g/mol. The molecule has 6 heteroatoms. The predicted octanol–water partition coefficient (Wildman–Crippen LogP) is 3.93. The summed E-state index contributed by atoms with van der Waals surface area (Å²) < 4.78 is 7.06. The predicted molar refractivity (Wildman–Crippen MR) is 121 cm³/mol. The van der Waals surface area contributed by atoms with E-state index < -0.39 is 5.97 Å². The lowest BCUT2D eigenvalue weighted by Crippen LogP contribution is -2.38. The molecule has 0 atom stereocenters. The number of hydrogen-bond donors (Lipinski definition) is 1. The maximum Gasteiger partial charge on any atom is 0.326 e. The molecule has 0 unspecified atom stereocenters. The van der Waals surface area contributed by atoms with Crippen molar-refractivity contribution >= 4 is 33.7 Å². The molecule has 0 radical (unpaired) electrons. The number of amides is 1. The molecule has 31 heavy (non-hydrogen) atoms. The van der Waals surface area contributed by atoms with Crippen LogP contribution >= 0.6 is 0 Å². The Balaban J connectivity index is 1.45. The third-order valence-electron chi connectivity index (χ3n) is 6.00. The fourth-order valence-corrected chi connectivity index (χ4v) is 4.44. The van der Waals surface area contributed by atoms with Crippen LogP contribution in [-0.2, 0) is 20.9 Å². The van der Waals surface area contributed by atoms with Crippen LogP contribution in [0.15, 0.2) is 53.3 Å². The lowest BCUT2D eigenvalue weighted by Gasteiger charge is -2.21. The van der Waals surface area contributed by atoms with E-state index in [1.54, 1.807) is 28.8 Å². The number of para-hydroxylation sites is 2. The minimum absolute atomic E-state index is 0.0607. The number of carbonyl (C=O) groups is 2. The van der Waals surface area contributed by atoms with Gasteiger partial charge in [0.25, 0.3) is 5.91 Å². The van der Waals surface area contributed by atoms with Gasteiger partial charge in [0.1, 0.15) is 6.54 Å². The summed E-state index contributed by atoms with van der Waals surface area (Å²) in [5, 5.41) is 4.11. The molecule has 1 saturated carbocycles. The van der Waals surface area contributed by atoms with Gasteiger partial charge in [0.2, 0.25) is 0 Å². The molecule has 1 aromatic heterocycles. The first-order chi connectivity index (χ1) is 15.1. The van der Waals surface area contributed by atoms with Crippen LogP contribution in [0.25, 0.3) is 21.8 Å². The van der Waals surface area contributed by atoms with E-state index >= 15 is 0 Å². The van der Waals surface area contributed by atoms with Gasteiger partial charge in [-0.2, -0.15) is 0 Å². The Morgan fingerprint density at radius 1 is 0.871 bits per heavy atom. The number of rotatable bonds is 5. The summed E-state index contributed by atoms with van der Waals surface area (Å²) in [6.45, 7) is -0.358. The van der Waals surface area contributed by atoms with Gasteiger partial charge in [0.15, 0.2) is 12.0 Å². The molecule has 3 aromatic rings. The van der Waals surface area contributed by atoms with E-state index in [1.165, 1.54) is 19.3 Å². The highest BCUT2D eigenvalue weighted by atomic mass is 16.5. The van der Waals surface area contributed by atoms with Crippen molar-refractivity contribution in [3.63, 3.8) is 0 Å². The summed E-state index contributed by atoms with van der Waals surface area (Å²) in [6, 6.07) is 14.6. The third-order valence-corrected chi connectivity index (χ3v) is 6.00. The van der Waals surface area contributed by atoms with Crippen LogP contribution in [0.2, 0.25) is 0 Å². The van der Waals surface area contributed by atoms with Gasteiger partial charge in [-0.05, 0) is 37.1 Å². The van der Waals surface area contributed by atoms with Gasteiger partial charge in [-0.15, -0.1) is 0 Å². The molecular formula is C25H28N2O4. The van der Waals surface area contributed by atoms with E-state index in [9.17, 15) is 14.4 Å². The first kappa shape index (κ1) is 21.1. The molecule has 1 heterocycles. The SMILES string of the molecule is O=C(COC(=O)Cn1c2ccccc2c(=O)c2ccccc21)NC1CCCCCCC1. The van der Waals surface area contributed by atoms with Gasteiger partial charge in [0.05, 0.1) is 11.0 Å². The van der Waals surface area contributed by atoms with Crippen LogP contribution < -0.4 is 10.7 Å². The number of aromatic nitrogens is 1. The Morgan fingerprint density at radius 2 is 1.42 bits per heavy atom. The maximum absolute atomic E-state index is 12.8. The summed E-state index contributed by atoms with van der Waals surface area (Å²) >= 11 is 0. The summed E-state index contributed by atoms with van der Waals surface area (Å²) in [5.41, 5.74) is 1.28. The quantitative estimate of drug-likeness (QED) is 0.501. The van der Waals surface area contributed by atoms with Crippen molar-refractivity contribution in [2.75, 3.05) is 6.61 Å². The largest absolute Gasteiger partial charge is 0.454 e. The normalized spacial score (nSPS) is 15.4. The van der Waals surface area contributed by atoms with Gasteiger partial charge < -0.3 is 14.6 Å². The van der Waals surface area contributed by atoms with Crippen LogP contribution in [0, 0.1) is 0 Å². The van der Waals surface area contributed by atoms with Gasteiger partial charge >= 0.3 is 5.97 Å². The van der Waals surface area contributed by atoms with Crippen LogP contribution in [0.4, 0.5) is 0 Å². The highest BCUT2D eigenvalue weighted by molar-refractivity contribution is 5.94. The average molecular weight is 421 g/mol. The minimum atomic E-state index is -0.508. The van der Waals surface area contributed by atoms with Gasteiger partial charge in [-0.3, -0.25) is 14.4 Å². The van der Waals surface area contributed by atoms with Gasteiger partial charge in [0, 0.05) is 16.8 Å². The smallest absolute Gasteiger partial charge is 0.326 e. The van der Waals surface area contributed by atoms with Crippen molar-refractivity contribution in [3.8, 4) is 0 Å². The number of hydrogen-bond acceptors (Lipinski definition) is 4. The van der Waals surface area contributed by atoms with Gasteiger partial charge in [-0.1, -0.05) is 56.4 Å². The zero-order valence-electron chi connectivity index (χ0n) is 17.6. The fraction of sp³-hybridized carbons (Fsp3) is 0.400. The molecule has 1 N–H and O–H groups in total. The number of fused-ring (bicyclic) bond motifs is 2. The Hall–Kier alpha value is -3.15. The number of pyridine rings is 1. The number of nitrogens with one attached hydrogen (secondary N) is 1. The van der Waals surface area contributed by atoms with Crippen molar-refractivity contribution in [2.45, 2.75) is 57.5 Å². The molecular weight excluding hydrogens is 392 g/mol. The molecule has 0 bridgehead atoms. The van der Waals surface area contributed by atoms with Crippen molar-refractivity contribution in [1.29, 1.82) is 0 Å². The Labute approximate surface area is 181 Å². The summed E-state index contributed by atoms with van der Waals surface area (Å²) in [4.78, 5) is 37.7. The zero-order valence-corrected chi connectivity index (χ0v) is 17.6. The molecule has 1 aliphatic carbocycles. The number of carbonyl (C=O) groups excluding carboxylic acids is 2. The van der Waals surface area contributed by atoms with Crippen LogP contribution in [0.1, 0.15) is 44.9 Å². The Kier molecular flexibility index (Phi) is 6.65. The molecule has 0 aliphatic heterocycles. The second kappa shape index (κ2) is 9.77. The first-order valence-corrected chi connectivity index (χ1v) is 11.1. The molecule has 2 aromatic carbocycles. The summed E-state index contributed by atoms with van der Waals surface area (Å²) in [7, 11) is 0. The van der Waals surface area contributed by atoms with Crippen molar-refractivity contribution in [1.82, 2.24) is 9.88 Å². The molecule has 1 aliphatic rings. The standard InChI is InChI=1S/C25H28N2O4/c28-23(26-18-10-4-2-1-3-5-11-18)17-31-24(29)16-27-21-14-8-6-12-19(21)25(30)20-13-7-9-15-22(20)27/h6-9,12-15,18H,1-5,10-11,16-17H2,(H,26,28). The van der Waals surface area contributed by atoms with Crippen molar-refractivity contribution in [2.24, 2.45) is 0 Å². The van der Waals surface area contributed by atoms with E-state index in [4.69, 9.17) is 4.74 Å². The maximum atomic E-state index is 12.8. The van der Waals surface area contributed by atoms with Crippen LogP contribution in [-0.4, -0.2) is 29.1 Å². The van der Waals surface area contributed by atoms with Crippen molar-refractivity contribution < 1.29 is 14.3 Å². The van der Waals surface area contributed by atoms with Crippen LogP contribution in [0.3, 0.4) is 0 Å². The van der Waals surface area contributed by atoms with Crippen molar-refractivity contribution in [3.05, 3.63) is 58.8 Å². The Morgan fingerprint density at radius 3 is 2.03 bits per heavy atom. The lowest BCUT2D eigenvalue weighted by molar-refractivity contribution is -0.149. The van der Waals surface area contributed by atoms with E-state index in [-0.39, 0.29) is 30.5 Å². The highest BCUT2D eigenvalue weighted by Gasteiger charge is 2.17. The third kappa shape index (κ3) is 4.95. The molecule has 1 fully saturated rings. The first-order valence-electron chi connectivity index (χ1n) is 11.1. The van der Waals surface area contributed by atoms with E-state index in [0.29, 0.717) is 21.8 Å². The molecule has 6 nitrogen and oxygen atoms in total. The molecule has 1 amide bonds. The summed E-state index contributed by atoms with van der Waals surface area (Å²) in [6.07, 6.45) is 7.90. The second-order valence-corrected chi connectivity index (χ2v) is 8.22. The number of benzene rings is 2. The molecule has 0 saturated heterocycles. The minimum Gasteiger partial charge on any atom is -0.454 e. The highest BCUT2D eigenvalue weighted by Crippen LogP contribution is 2.19.